The number of anilines is 1. The third-order valence-corrected chi connectivity index (χ3v) is 8.22. The summed E-state index contributed by atoms with van der Waals surface area (Å²) in [6, 6.07) is 42.5. The molecule has 0 unspecified atom stereocenters. The number of nitrogens with one attached hydrogen (secondary N) is 1. The Morgan fingerprint density at radius 2 is 1.42 bits per heavy atom. The predicted molar refractivity (Wildman–Crippen MR) is 189 cm³/mol. The number of carbonyl (C=O) groups excluding carboxylic acids is 2. The molecule has 0 saturated heterocycles. The summed E-state index contributed by atoms with van der Waals surface area (Å²) in [6.07, 6.45) is 2.16. The summed E-state index contributed by atoms with van der Waals surface area (Å²) in [5.41, 5.74) is 6.85. The van der Waals surface area contributed by atoms with E-state index in [1.807, 2.05) is 104 Å². The maximum atomic E-state index is 13.5. The van der Waals surface area contributed by atoms with Gasteiger partial charge < -0.3 is 14.6 Å². The largest absolute Gasteiger partial charge is 0.423 e. The minimum absolute atomic E-state index is 0.0105. The van der Waals surface area contributed by atoms with Crippen molar-refractivity contribution >= 4 is 17.4 Å². The van der Waals surface area contributed by atoms with Crippen molar-refractivity contribution < 1.29 is 14.0 Å². The van der Waals surface area contributed by atoms with Crippen LogP contribution in [-0.4, -0.2) is 33.8 Å². The summed E-state index contributed by atoms with van der Waals surface area (Å²) in [4.78, 5) is 28.1. The molecule has 1 aromatic heterocycles. The second kappa shape index (κ2) is 15.2. The fourth-order valence-electron chi connectivity index (χ4n) is 5.73. The van der Waals surface area contributed by atoms with E-state index < -0.39 is 0 Å². The van der Waals surface area contributed by atoms with E-state index in [0.29, 0.717) is 53.5 Å². The van der Waals surface area contributed by atoms with Crippen molar-refractivity contribution in [2.45, 2.75) is 38.8 Å². The Balaban J connectivity index is 1.21. The quantitative estimate of drug-likeness (QED) is 0.128. The molecule has 7 heteroatoms. The molecule has 1 N–H and O–H groups in total. The van der Waals surface area contributed by atoms with E-state index in [0.717, 1.165) is 28.7 Å². The highest BCUT2D eigenvalue weighted by Crippen LogP contribution is 2.29. The van der Waals surface area contributed by atoms with Crippen molar-refractivity contribution in [3.63, 3.8) is 0 Å². The van der Waals surface area contributed by atoms with Gasteiger partial charge in [-0.05, 0) is 59.0 Å². The van der Waals surface area contributed by atoms with Gasteiger partial charge in [0.05, 0.1) is 0 Å². The van der Waals surface area contributed by atoms with Gasteiger partial charge in [-0.15, -0.1) is 10.2 Å². The minimum Gasteiger partial charge on any atom is -0.423 e. The smallest absolute Gasteiger partial charge is 0.253 e. The van der Waals surface area contributed by atoms with Crippen LogP contribution in [0.2, 0.25) is 0 Å². The predicted octanol–water partition coefficient (Wildman–Crippen LogP) is 8.59. The van der Waals surface area contributed by atoms with Gasteiger partial charge in [0.25, 0.3) is 5.91 Å². The summed E-state index contributed by atoms with van der Waals surface area (Å²) < 4.78 is 6.10. The summed E-state index contributed by atoms with van der Waals surface area (Å²) in [6.45, 7) is 2.58. The van der Waals surface area contributed by atoms with Crippen LogP contribution in [0.1, 0.15) is 68.6 Å². The molecule has 1 heterocycles. The molecule has 1 amide bonds. The average molecular weight is 635 g/mol. The Hall–Kier alpha value is -5.82. The van der Waals surface area contributed by atoms with E-state index in [2.05, 4.69) is 58.8 Å². The van der Waals surface area contributed by atoms with Crippen LogP contribution in [0.15, 0.2) is 138 Å². The van der Waals surface area contributed by atoms with Gasteiger partial charge in [0.1, 0.15) is 6.04 Å². The van der Waals surface area contributed by atoms with Gasteiger partial charge in [-0.1, -0.05) is 110 Å². The molecule has 0 fully saturated rings. The lowest BCUT2D eigenvalue weighted by atomic mass is 9.98. The van der Waals surface area contributed by atoms with E-state index in [-0.39, 0.29) is 17.7 Å². The number of carbonyl (C=O) groups is 2. The third-order valence-electron chi connectivity index (χ3n) is 8.22. The summed E-state index contributed by atoms with van der Waals surface area (Å²) >= 11 is 0. The molecule has 48 heavy (non-hydrogen) atoms. The van der Waals surface area contributed by atoms with Gasteiger partial charge in [-0.2, -0.15) is 0 Å². The van der Waals surface area contributed by atoms with Crippen LogP contribution in [-0.2, 0) is 19.4 Å². The molecule has 0 radical (unpaired) electrons. The van der Waals surface area contributed by atoms with E-state index in [1.165, 1.54) is 0 Å². The molecule has 0 aliphatic carbocycles. The summed E-state index contributed by atoms with van der Waals surface area (Å²) in [5, 5.41) is 12.2. The molecule has 1 atom stereocenters. The van der Waals surface area contributed by atoms with Crippen LogP contribution in [0.25, 0.3) is 11.1 Å². The van der Waals surface area contributed by atoms with Crippen molar-refractivity contribution in [1.82, 2.24) is 15.1 Å². The van der Waals surface area contributed by atoms with Gasteiger partial charge in [-0.25, -0.2) is 0 Å². The molecule has 0 spiro atoms. The minimum atomic E-state index is -0.361. The average Bonchev–Trinajstić information content (AvgIpc) is 3.61. The molecule has 0 bridgehead atoms. The van der Waals surface area contributed by atoms with E-state index in [1.54, 1.807) is 4.90 Å². The maximum Gasteiger partial charge on any atom is 0.253 e. The second-order valence-electron chi connectivity index (χ2n) is 11.9. The standard InChI is InChI=1S/C41H38N4O3/c1-3-13-38-43-44-40(48-38)37(42-36-21-11-10-20-35(36)39(46)32-15-6-4-7-16-32)27-29-22-24-31(25-23-29)34-19-12-14-30(26-34)28-45(2)41(47)33-17-8-5-9-18-33/h4-12,14-26,37,42H,3,13,27-28H2,1-2H3/t37-/m0/s1. The van der Waals surface area contributed by atoms with E-state index in [9.17, 15) is 9.59 Å². The molecule has 5 aromatic carbocycles. The van der Waals surface area contributed by atoms with Crippen molar-refractivity contribution in [1.29, 1.82) is 0 Å². The Kier molecular flexibility index (Phi) is 10.2. The van der Waals surface area contributed by atoms with Gasteiger partial charge in [-0.3, -0.25) is 9.59 Å². The first kappa shape index (κ1) is 32.1. The van der Waals surface area contributed by atoms with Gasteiger partial charge in [0, 0.05) is 48.8 Å². The monoisotopic (exact) mass is 634 g/mol. The normalized spacial score (nSPS) is 11.5. The molecule has 7 nitrogen and oxygen atoms in total. The Morgan fingerprint density at radius 3 is 2.15 bits per heavy atom. The highest BCUT2D eigenvalue weighted by molar-refractivity contribution is 6.12. The first-order valence-corrected chi connectivity index (χ1v) is 16.2. The second-order valence-corrected chi connectivity index (χ2v) is 11.9. The molecule has 0 aliphatic heterocycles. The number of ketones is 1. The number of benzene rings is 5. The first-order valence-electron chi connectivity index (χ1n) is 16.2. The van der Waals surface area contributed by atoms with Crippen molar-refractivity contribution in [3.8, 4) is 11.1 Å². The van der Waals surface area contributed by atoms with Crippen LogP contribution < -0.4 is 5.32 Å². The number of amides is 1. The van der Waals surface area contributed by atoms with Gasteiger partial charge in [0.2, 0.25) is 11.8 Å². The Bertz CT molecular complexity index is 1970. The third kappa shape index (κ3) is 7.76. The molecule has 6 aromatic rings. The molecular formula is C41H38N4O3. The topological polar surface area (TPSA) is 88.3 Å². The Morgan fingerprint density at radius 1 is 0.729 bits per heavy atom. The highest BCUT2D eigenvalue weighted by atomic mass is 16.4. The van der Waals surface area contributed by atoms with Crippen LogP contribution in [0.4, 0.5) is 5.69 Å². The lowest BCUT2D eigenvalue weighted by Crippen LogP contribution is -2.26. The molecule has 240 valence electrons. The number of hydrogen-bond acceptors (Lipinski definition) is 6. The molecule has 6 rings (SSSR count). The number of aryl methyl sites for hydroxylation is 1. The zero-order chi connectivity index (χ0) is 33.3. The van der Waals surface area contributed by atoms with Crippen molar-refractivity contribution in [2.75, 3.05) is 12.4 Å². The fourth-order valence-corrected chi connectivity index (χ4v) is 5.73. The van der Waals surface area contributed by atoms with Crippen molar-refractivity contribution in [3.05, 3.63) is 173 Å². The van der Waals surface area contributed by atoms with E-state index >= 15 is 0 Å². The van der Waals surface area contributed by atoms with Gasteiger partial charge >= 0.3 is 0 Å². The first-order chi connectivity index (χ1) is 23.5. The molecule has 0 aliphatic rings. The lowest BCUT2D eigenvalue weighted by molar-refractivity contribution is 0.0785. The lowest BCUT2D eigenvalue weighted by Gasteiger charge is -2.19. The van der Waals surface area contributed by atoms with Crippen molar-refractivity contribution in [2.24, 2.45) is 0 Å². The highest BCUT2D eigenvalue weighted by Gasteiger charge is 2.22. The number of aromatic nitrogens is 2. The van der Waals surface area contributed by atoms with Gasteiger partial charge in [0.15, 0.2) is 5.78 Å². The molecule has 0 saturated carbocycles. The summed E-state index contributed by atoms with van der Waals surface area (Å²) in [7, 11) is 1.83. The number of para-hydroxylation sites is 1. The van der Waals surface area contributed by atoms with Crippen LogP contribution in [0, 0.1) is 0 Å². The number of rotatable bonds is 13. The summed E-state index contributed by atoms with van der Waals surface area (Å²) in [5.74, 6) is 1.01. The SMILES string of the molecule is CCCc1nnc([C@H](Cc2ccc(-c3cccc(CN(C)C(=O)c4ccccc4)c3)cc2)Nc2ccccc2C(=O)c2ccccc2)o1. The van der Waals surface area contributed by atoms with Crippen LogP contribution in [0.3, 0.4) is 0 Å². The number of hydrogen-bond donors (Lipinski definition) is 1. The fraction of sp³-hybridized carbons (Fsp3) is 0.171. The van der Waals surface area contributed by atoms with Crippen LogP contribution >= 0.6 is 0 Å². The van der Waals surface area contributed by atoms with E-state index in [4.69, 9.17) is 4.42 Å². The zero-order valence-corrected chi connectivity index (χ0v) is 27.2. The number of nitrogens with zero attached hydrogens (tertiary/aromatic N) is 3. The zero-order valence-electron chi connectivity index (χ0n) is 27.2. The Labute approximate surface area is 281 Å². The van der Waals surface area contributed by atoms with Crippen LogP contribution in [0.5, 0.6) is 0 Å². The maximum absolute atomic E-state index is 13.5. The molecular weight excluding hydrogens is 596 g/mol.